The molecule has 0 aliphatic rings. The molecule has 0 saturated carbocycles. The highest BCUT2D eigenvalue weighted by atomic mass is 127. The second-order valence-corrected chi connectivity index (χ2v) is 4.55. The summed E-state index contributed by atoms with van der Waals surface area (Å²) in [5.74, 6) is -0.0697. The molecule has 0 atom stereocenters. The molecule has 0 saturated heterocycles. The van der Waals surface area contributed by atoms with E-state index in [2.05, 4.69) is 38.1 Å². The van der Waals surface area contributed by atoms with Crippen molar-refractivity contribution in [1.82, 2.24) is 15.5 Å². The number of nitrogens with zero attached hydrogens (tertiary/aromatic N) is 1. The van der Waals surface area contributed by atoms with Crippen molar-refractivity contribution >= 4 is 28.5 Å². The number of aromatic nitrogens is 2. The number of amides is 1. The van der Waals surface area contributed by atoms with Crippen molar-refractivity contribution in [2.75, 3.05) is 0 Å². The Labute approximate surface area is 107 Å². The van der Waals surface area contributed by atoms with Gasteiger partial charge >= 0.3 is 0 Å². The predicted molar refractivity (Wildman–Crippen MR) is 68.9 cm³/mol. The number of halogens is 1. The second-order valence-electron chi connectivity index (χ2n) is 3.30. The third kappa shape index (κ3) is 2.82. The van der Waals surface area contributed by atoms with Gasteiger partial charge in [0.05, 0.1) is 6.20 Å². The van der Waals surface area contributed by atoms with Gasteiger partial charge < -0.3 is 5.32 Å². The Morgan fingerprint density at radius 3 is 3.06 bits per heavy atom. The van der Waals surface area contributed by atoms with E-state index in [0.717, 1.165) is 9.13 Å². The topological polar surface area (TPSA) is 57.8 Å². The lowest BCUT2D eigenvalue weighted by molar-refractivity contribution is 0.0951. The van der Waals surface area contributed by atoms with Gasteiger partial charge in [-0.2, -0.15) is 5.10 Å². The maximum absolute atomic E-state index is 11.7. The number of carbonyl (C=O) groups is 1. The van der Waals surface area contributed by atoms with Gasteiger partial charge in [0.1, 0.15) is 0 Å². The van der Waals surface area contributed by atoms with Crippen LogP contribution in [0.25, 0.3) is 0 Å². The smallest absolute Gasteiger partial charge is 0.251 e. The minimum absolute atomic E-state index is 0.0697. The SMILES string of the molecule is O=C(NCc1cn[nH]c1)c1cccc(I)c1. The molecular formula is C11H10IN3O. The lowest BCUT2D eigenvalue weighted by Gasteiger charge is -2.03. The predicted octanol–water partition coefficient (Wildman–Crippen LogP) is 1.94. The summed E-state index contributed by atoms with van der Waals surface area (Å²) in [7, 11) is 0. The van der Waals surface area contributed by atoms with E-state index in [1.165, 1.54) is 0 Å². The molecule has 1 aromatic heterocycles. The summed E-state index contributed by atoms with van der Waals surface area (Å²) in [6, 6.07) is 7.47. The fraction of sp³-hybridized carbons (Fsp3) is 0.0909. The van der Waals surface area contributed by atoms with Crippen LogP contribution in [0.2, 0.25) is 0 Å². The van der Waals surface area contributed by atoms with Crippen LogP contribution in [0, 0.1) is 3.57 Å². The zero-order valence-corrected chi connectivity index (χ0v) is 10.6. The molecule has 2 aromatic rings. The molecule has 1 aromatic carbocycles. The standard InChI is InChI=1S/C11H10IN3O/c12-10-3-1-2-9(4-10)11(16)13-5-8-6-14-15-7-8/h1-4,6-7H,5H2,(H,13,16)(H,14,15). The number of H-pyrrole nitrogens is 1. The molecule has 0 aliphatic carbocycles. The van der Waals surface area contributed by atoms with Crippen LogP contribution in [0.15, 0.2) is 36.7 Å². The van der Waals surface area contributed by atoms with Crippen molar-refractivity contribution in [3.8, 4) is 0 Å². The molecule has 0 bridgehead atoms. The first-order valence-electron chi connectivity index (χ1n) is 4.77. The summed E-state index contributed by atoms with van der Waals surface area (Å²) < 4.78 is 1.05. The van der Waals surface area contributed by atoms with Crippen molar-refractivity contribution in [3.05, 3.63) is 51.4 Å². The molecule has 0 unspecified atom stereocenters. The van der Waals surface area contributed by atoms with Crippen LogP contribution in [0.1, 0.15) is 15.9 Å². The molecule has 2 rings (SSSR count). The zero-order valence-electron chi connectivity index (χ0n) is 8.40. The molecule has 2 N–H and O–H groups in total. The van der Waals surface area contributed by atoms with Gasteiger partial charge in [-0.1, -0.05) is 6.07 Å². The van der Waals surface area contributed by atoms with Crippen LogP contribution in [0.3, 0.4) is 0 Å². The van der Waals surface area contributed by atoms with E-state index in [1.807, 2.05) is 18.2 Å². The average molecular weight is 327 g/mol. The van der Waals surface area contributed by atoms with Crippen molar-refractivity contribution in [2.24, 2.45) is 0 Å². The van der Waals surface area contributed by atoms with E-state index in [-0.39, 0.29) is 5.91 Å². The number of rotatable bonds is 3. The van der Waals surface area contributed by atoms with E-state index in [9.17, 15) is 4.79 Å². The Balaban J connectivity index is 1.98. The highest BCUT2D eigenvalue weighted by molar-refractivity contribution is 14.1. The highest BCUT2D eigenvalue weighted by Gasteiger charge is 2.05. The molecular weight excluding hydrogens is 317 g/mol. The van der Waals surface area contributed by atoms with Crippen LogP contribution >= 0.6 is 22.6 Å². The van der Waals surface area contributed by atoms with Crippen molar-refractivity contribution in [2.45, 2.75) is 6.54 Å². The van der Waals surface area contributed by atoms with E-state index < -0.39 is 0 Å². The van der Waals surface area contributed by atoms with Crippen LogP contribution in [0.5, 0.6) is 0 Å². The van der Waals surface area contributed by atoms with Gasteiger partial charge in [-0.05, 0) is 40.8 Å². The van der Waals surface area contributed by atoms with E-state index in [0.29, 0.717) is 12.1 Å². The quantitative estimate of drug-likeness (QED) is 0.847. The lowest BCUT2D eigenvalue weighted by Crippen LogP contribution is -2.22. The Kier molecular flexibility index (Phi) is 3.55. The summed E-state index contributed by atoms with van der Waals surface area (Å²) in [6.07, 6.45) is 3.45. The molecule has 0 spiro atoms. The zero-order chi connectivity index (χ0) is 11.4. The van der Waals surface area contributed by atoms with Crippen molar-refractivity contribution < 1.29 is 4.79 Å². The number of hydrogen-bond donors (Lipinski definition) is 2. The van der Waals surface area contributed by atoms with Crippen LogP contribution in [-0.4, -0.2) is 16.1 Å². The molecule has 1 amide bonds. The van der Waals surface area contributed by atoms with Gasteiger partial charge in [0.25, 0.3) is 5.91 Å². The van der Waals surface area contributed by atoms with Gasteiger partial charge in [0, 0.05) is 27.4 Å². The Hall–Kier alpha value is -1.37. The van der Waals surface area contributed by atoms with E-state index in [1.54, 1.807) is 18.5 Å². The summed E-state index contributed by atoms with van der Waals surface area (Å²) in [6.45, 7) is 0.487. The third-order valence-corrected chi connectivity index (χ3v) is 2.77. The summed E-state index contributed by atoms with van der Waals surface area (Å²) in [5.41, 5.74) is 1.63. The number of benzene rings is 1. The Morgan fingerprint density at radius 1 is 1.50 bits per heavy atom. The molecule has 0 radical (unpaired) electrons. The van der Waals surface area contributed by atoms with Crippen molar-refractivity contribution in [3.63, 3.8) is 0 Å². The maximum atomic E-state index is 11.7. The van der Waals surface area contributed by atoms with E-state index >= 15 is 0 Å². The fourth-order valence-electron chi connectivity index (χ4n) is 1.29. The molecule has 1 heterocycles. The normalized spacial score (nSPS) is 10.1. The third-order valence-electron chi connectivity index (χ3n) is 2.09. The lowest BCUT2D eigenvalue weighted by atomic mass is 10.2. The molecule has 4 nitrogen and oxygen atoms in total. The van der Waals surface area contributed by atoms with Gasteiger partial charge in [0.15, 0.2) is 0 Å². The number of aromatic amines is 1. The average Bonchev–Trinajstić information content (AvgIpc) is 2.78. The van der Waals surface area contributed by atoms with Gasteiger partial charge in [-0.3, -0.25) is 9.89 Å². The van der Waals surface area contributed by atoms with Crippen molar-refractivity contribution in [1.29, 1.82) is 0 Å². The number of carbonyl (C=O) groups excluding carboxylic acids is 1. The molecule has 82 valence electrons. The van der Waals surface area contributed by atoms with Crippen LogP contribution in [0.4, 0.5) is 0 Å². The Morgan fingerprint density at radius 2 is 2.38 bits per heavy atom. The van der Waals surface area contributed by atoms with Crippen LogP contribution in [-0.2, 0) is 6.54 Å². The Bertz CT molecular complexity index is 482. The summed E-state index contributed by atoms with van der Waals surface area (Å²) in [5, 5.41) is 9.34. The first-order chi connectivity index (χ1) is 7.75. The minimum Gasteiger partial charge on any atom is -0.348 e. The molecule has 0 aliphatic heterocycles. The summed E-state index contributed by atoms with van der Waals surface area (Å²) in [4.78, 5) is 11.7. The number of nitrogens with one attached hydrogen (secondary N) is 2. The monoisotopic (exact) mass is 327 g/mol. The van der Waals surface area contributed by atoms with Gasteiger partial charge in [-0.25, -0.2) is 0 Å². The van der Waals surface area contributed by atoms with Gasteiger partial charge in [-0.15, -0.1) is 0 Å². The summed E-state index contributed by atoms with van der Waals surface area (Å²) >= 11 is 2.18. The first-order valence-corrected chi connectivity index (χ1v) is 5.85. The molecule has 16 heavy (non-hydrogen) atoms. The first kappa shape index (κ1) is 11.1. The highest BCUT2D eigenvalue weighted by Crippen LogP contribution is 2.07. The maximum Gasteiger partial charge on any atom is 0.251 e. The molecule has 5 heteroatoms. The minimum atomic E-state index is -0.0697. The fourth-order valence-corrected chi connectivity index (χ4v) is 1.83. The van der Waals surface area contributed by atoms with Gasteiger partial charge in [0.2, 0.25) is 0 Å². The molecule has 0 fully saturated rings. The van der Waals surface area contributed by atoms with Crippen LogP contribution < -0.4 is 5.32 Å². The largest absolute Gasteiger partial charge is 0.348 e. The number of hydrogen-bond acceptors (Lipinski definition) is 2. The van der Waals surface area contributed by atoms with E-state index in [4.69, 9.17) is 0 Å². The second kappa shape index (κ2) is 5.11.